The first-order valence-corrected chi connectivity index (χ1v) is 14.2. The number of ether oxygens (including phenoxy) is 1. The molecule has 1 N–H and O–H groups in total. The molecule has 0 aliphatic carbocycles. The zero-order valence-electron chi connectivity index (χ0n) is 21.3. The third kappa shape index (κ3) is 6.79. The van der Waals surface area contributed by atoms with Crippen LogP contribution in [0.25, 0.3) is 11.1 Å². The number of nitrogens with zero attached hydrogens (tertiary/aromatic N) is 1. The quantitative estimate of drug-likeness (QED) is 0.244. The maximum Gasteiger partial charge on any atom is 0.252 e. The molecule has 3 aromatic carbocycles. The van der Waals surface area contributed by atoms with Gasteiger partial charge in [-0.1, -0.05) is 71.8 Å². The third-order valence-corrected chi connectivity index (χ3v) is 8.15. The van der Waals surface area contributed by atoms with Gasteiger partial charge in [-0.05, 0) is 60.2 Å². The molecule has 0 spiro atoms. The number of carbonyl (C=O) groups excluding carboxylic acids is 1. The Hall–Kier alpha value is -3.68. The van der Waals surface area contributed by atoms with Crippen molar-refractivity contribution in [3.8, 4) is 16.9 Å². The number of benzene rings is 3. The number of pyridine rings is 1. The van der Waals surface area contributed by atoms with Gasteiger partial charge in [0.25, 0.3) is 5.91 Å². The molecule has 4 aromatic rings. The summed E-state index contributed by atoms with van der Waals surface area (Å²) in [6.45, 7) is 2.46. The Morgan fingerprint density at radius 1 is 0.974 bits per heavy atom. The zero-order valence-corrected chi connectivity index (χ0v) is 22.9. The van der Waals surface area contributed by atoms with E-state index in [4.69, 9.17) is 16.3 Å². The van der Waals surface area contributed by atoms with E-state index < -0.39 is 9.84 Å². The first-order chi connectivity index (χ1) is 18.3. The lowest BCUT2D eigenvalue weighted by Gasteiger charge is -2.13. The summed E-state index contributed by atoms with van der Waals surface area (Å²) in [5.74, 6) is -0.0761. The van der Waals surface area contributed by atoms with Crippen LogP contribution < -0.4 is 10.1 Å². The largest absolute Gasteiger partial charge is 0.495 e. The maximum absolute atomic E-state index is 13.5. The van der Waals surface area contributed by atoms with Crippen molar-refractivity contribution in [1.29, 1.82) is 0 Å². The SMILES string of the molecule is COc1ccc(-c2cccc(C)c2)cc1S(=O)(=O)Cc1cccc(CCCNC(=O)c2ccncc2Cl)c1. The number of rotatable bonds is 10. The predicted octanol–water partition coefficient (Wildman–Crippen LogP) is 6.06. The van der Waals surface area contributed by atoms with E-state index in [0.717, 1.165) is 22.3 Å². The van der Waals surface area contributed by atoms with Crippen molar-refractivity contribution in [2.75, 3.05) is 13.7 Å². The first-order valence-electron chi connectivity index (χ1n) is 12.2. The van der Waals surface area contributed by atoms with Crippen LogP contribution in [0.1, 0.15) is 33.5 Å². The lowest BCUT2D eigenvalue weighted by Crippen LogP contribution is -2.25. The molecule has 6 nitrogen and oxygen atoms in total. The average molecular weight is 549 g/mol. The molecule has 1 heterocycles. The molecule has 4 rings (SSSR count). The summed E-state index contributed by atoms with van der Waals surface area (Å²) in [5.41, 5.74) is 4.94. The summed E-state index contributed by atoms with van der Waals surface area (Å²) in [7, 11) is -2.21. The average Bonchev–Trinajstić information content (AvgIpc) is 2.91. The Morgan fingerprint density at radius 2 is 1.74 bits per heavy atom. The van der Waals surface area contributed by atoms with Gasteiger partial charge in [-0.25, -0.2) is 8.42 Å². The second-order valence-electron chi connectivity index (χ2n) is 9.03. The van der Waals surface area contributed by atoms with Gasteiger partial charge < -0.3 is 10.1 Å². The summed E-state index contributed by atoms with van der Waals surface area (Å²) in [4.78, 5) is 16.4. The number of sulfone groups is 1. The van der Waals surface area contributed by atoms with Crippen LogP contribution in [0.2, 0.25) is 5.02 Å². The highest BCUT2D eigenvalue weighted by molar-refractivity contribution is 7.90. The summed E-state index contributed by atoms with van der Waals surface area (Å²) in [6.07, 6.45) is 4.33. The highest BCUT2D eigenvalue weighted by Gasteiger charge is 2.21. The fourth-order valence-corrected chi connectivity index (χ4v) is 5.99. The van der Waals surface area contributed by atoms with Crippen molar-refractivity contribution >= 4 is 27.3 Å². The Labute approximate surface area is 228 Å². The van der Waals surface area contributed by atoms with E-state index >= 15 is 0 Å². The molecule has 0 aliphatic heterocycles. The smallest absolute Gasteiger partial charge is 0.252 e. The van der Waals surface area contributed by atoms with Crippen molar-refractivity contribution in [3.05, 3.63) is 112 Å². The lowest BCUT2D eigenvalue weighted by atomic mass is 10.0. The van der Waals surface area contributed by atoms with Gasteiger partial charge in [-0.2, -0.15) is 0 Å². The van der Waals surface area contributed by atoms with Crippen LogP contribution in [0.15, 0.2) is 90.1 Å². The van der Waals surface area contributed by atoms with E-state index in [1.165, 1.54) is 19.5 Å². The normalized spacial score (nSPS) is 11.2. The van der Waals surface area contributed by atoms with E-state index in [0.29, 0.717) is 41.3 Å². The number of aromatic nitrogens is 1. The number of halogens is 1. The van der Waals surface area contributed by atoms with Gasteiger partial charge >= 0.3 is 0 Å². The Bertz CT molecular complexity index is 1550. The maximum atomic E-state index is 13.5. The number of amides is 1. The molecule has 0 saturated heterocycles. The van der Waals surface area contributed by atoms with Crippen LogP contribution >= 0.6 is 11.6 Å². The standard InChI is InChI=1S/C30H29ClN2O4S/c1-21-6-3-10-24(16-21)25-11-12-28(37-2)29(18-25)38(35,36)20-23-8-4-7-22(17-23)9-5-14-33-30(34)26-13-15-32-19-27(26)31/h3-4,6-8,10-13,15-19H,5,9,14,20H2,1-2H3,(H,33,34). The van der Waals surface area contributed by atoms with Gasteiger partial charge in [0.2, 0.25) is 0 Å². The number of aryl methyl sites for hydroxylation is 2. The minimum Gasteiger partial charge on any atom is -0.495 e. The van der Waals surface area contributed by atoms with Gasteiger partial charge in [0.1, 0.15) is 10.6 Å². The first kappa shape index (κ1) is 27.4. The predicted molar refractivity (Wildman–Crippen MR) is 150 cm³/mol. The minimum atomic E-state index is -3.68. The molecular formula is C30H29ClN2O4S. The molecule has 1 amide bonds. The summed E-state index contributed by atoms with van der Waals surface area (Å²) in [5, 5.41) is 3.16. The molecule has 0 bridgehead atoms. The van der Waals surface area contributed by atoms with E-state index in [1.54, 1.807) is 18.2 Å². The van der Waals surface area contributed by atoms with Crippen molar-refractivity contribution in [1.82, 2.24) is 10.3 Å². The van der Waals surface area contributed by atoms with E-state index in [9.17, 15) is 13.2 Å². The molecule has 1 aromatic heterocycles. The lowest BCUT2D eigenvalue weighted by molar-refractivity contribution is 0.0953. The molecule has 0 atom stereocenters. The van der Waals surface area contributed by atoms with Crippen molar-refractivity contribution in [2.45, 2.75) is 30.4 Å². The highest BCUT2D eigenvalue weighted by Crippen LogP contribution is 2.32. The van der Waals surface area contributed by atoms with Crippen molar-refractivity contribution < 1.29 is 17.9 Å². The number of nitrogens with one attached hydrogen (secondary N) is 1. The fourth-order valence-electron chi connectivity index (χ4n) is 4.25. The number of hydrogen-bond donors (Lipinski definition) is 1. The second-order valence-corrected chi connectivity index (χ2v) is 11.4. The topological polar surface area (TPSA) is 85.4 Å². The summed E-state index contributed by atoms with van der Waals surface area (Å²) in [6, 6.07) is 22.3. The molecule has 0 unspecified atom stereocenters. The van der Waals surface area contributed by atoms with Crippen LogP contribution in [0.3, 0.4) is 0 Å². The van der Waals surface area contributed by atoms with Crippen molar-refractivity contribution in [3.63, 3.8) is 0 Å². The molecule has 0 fully saturated rings. The number of hydrogen-bond acceptors (Lipinski definition) is 5. The van der Waals surface area contributed by atoms with E-state index in [-0.39, 0.29) is 16.6 Å². The van der Waals surface area contributed by atoms with Crippen LogP contribution in [-0.4, -0.2) is 33.0 Å². The Morgan fingerprint density at radius 3 is 2.50 bits per heavy atom. The molecule has 38 heavy (non-hydrogen) atoms. The van der Waals surface area contributed by atoms with Gasteiger partial charge in [0.15, 0.2) is 9.84 Å². The van der Waals surface area contributed by atoms with E-state index in [2.05, 4.69) is 10.3 Å². The highest BCUT2D eigenvalue weighted by atomic mass is 35.5. The van der Waals surface area contributed by atoms with Gasteiger partial charge in [0.05, 0.1) is 23.4 Å². The molecule has 0 aliphatic rings. The zero-order chi connectivity index (χ0) is 27.1. The van der Waals surface area contributed by atoms with Gasteiger partial charge in [-0.3, -0.25) is 9.78 Å². The van der Waals surface area contributed by atoms with Gasteiger partial charge in [-0.15, -0.1) is 0 Å². The monoisotopic (exact) mass is 548 g/mol. The fraction of sp³-hybridized carbons (Fsp3) is 0.200. The van der Waals surface area contributed by atoms with Crippen LogP contribution in [0, 0.1) is 6.92 Å². The van der Waals surface area contributed by atoms with Crippen LogP contribution in [0.4, 0.5) is 0 Å². The molecule has 8 heteroatoms. The third-order valence-electron chi connectivity index (χ3n) is 6.14. The molecule has 0 radical (unpaired) electrons. The number of methoxy groups -OCH3 is 1. The summed E-state index contributed by atoms with van der Waals surface area (Å²) >= 11 is 6.03. The molecule has 0 saturated carbocycles. The Balaban J connectivity index is 1.44. The van der Waals surface area contributed by atoms with Gasteiger partial charge in [0, 0.05) is 18.9 Å². The van der Waals surface area contributed by atoms with Crippen LogP contribution in [0.5, 0.6) is 5.75 Å². The van der Waals surface area contributed by atoms with Crippen LogP contribution in [-0.2, 0) is 22.0 Å². The van der Waals surface area contributed by atoms with E-state index in [1.807, 2.05) is 61.5 Å². The summed E-state index contributed by atoms with van der Waals surface area (Å²) < 4.78 is 32.4. The molecule has 196 valence electrons. The minimum absolute atomic E-state index is 0.147. The Kier molecular flexibility index (Phi) is 8.81. The number of carbonyl (C=O) groups is 1. The molecular weight excluding hydrogens is 520 g/mol. The second kappa shape index (κ2) is 12.2. The van der Waals surface area contributed by atoms with Crippen molar-refractivity contribution in [2.24, 2.45) is 0 Å².